The van der Waals surface area contributed by atoms with Crippen molar-refractivity contribution in [2.24, 2.45) is 0 Å². The highest BCUT2D eigenvalue weighted by Crippen LogP contribution is 2.44. The number of aliphatic hydroxyl groups is 1. The average Bonchev–Trinajstić information content (AvgIpc) is 3.06. The van der Waals surface area contributed by atoms with Crippen LogP contribution >= 0.6 is 23.2 Å². The maximum atomic E-state index is 13.2. The number of amides is 1. The second-order valence-corrected chi connectivity index (χ2v) is 8.00. The van der Waals surface area contributed by atoms with E-state index in [1.807, 2.05) is 0 Å². The van der Waals surface area contributed by atoms with Gasteiger partial charge in [-0.3, -0.25) is 19.5 Å². The third-order valence-electron chi connectivity index (χ3n) is 5.37. The van der Waals surface area contributed by atoms with Crippen molar-refractivity contribution in [3.05, 3.63) is 93.2 Å². The Bertz CT molecular complexity index is 1260. The molecule has 0 saturated carbocycles. The van der Waals surface area contributed by atoms with Crippen LogP contribution in [0.25, 0.3) is 5.76 Å². The Morgan fingerprint density at radius 3 is 2.56 bits per heavy atom. The average molecular weight is 469 g/mol. The van der Waals surface area contributed by atoms with Crippen LogP contribution in [0.4, 0.5) is 5.69 Å². The molecule has 32 heavy (non-hydrogen) atoms. The summed E-state index contributed by atoms with van der Waals surface area (Å²) >= 11 is 12.6. The third-order valence-corrected chi connectivity index (χ3v) is 6.11. The fourth-order valence-corrected chi connectivity index (χ4v) is 4.13. The van der Waals surface area contributed by atoms with E-state index in [0.29, 0.717) is 27.6 Å². The Morgan fingerprint density at radius 1 is 1.09 bits per heavy atom. The van der Waals surface area contributed by atoms with Gasteiger partial charge in [-0.2, -0.15) is 0 Å². The van der Waals surface area contributed by atoms with Gasteiger partial charge in [0.2, 0.25) is 0 Å². The number of methoxy groups -OCH3 is 1. The molecule has 4 rings (SSSR count). The van der Waals surface area contributed by atoms with Crippen molar-refractivity contribution in [2.75, 3.05) is 12.0 Å². The molecule has 0 aliphatic carbocycles. The van der Waals surface area contributed by atoms with Crippen LogP contribution in [0.2, 0.25) is 10.0 Å². The molecule has 1 saturated heterocycles. The highest BCUT2D eigenvalue weighted by Gasteiger charge is 2.47. The molecule has 1 unspecified atom stereocenters. The van der Waals surface area contributed by atoms with E-state index in [2.05, 4.69) is 4.98 Å². The van der Waals surface area contributed by atoms with E-state index in [0.717, 1.165) is 0 Å². The largest absolute Gasteiger partial charge is 0.507 e. The summed E-state index contributed by atoms with van der Waals surface area (Å²) in [6.07, 6.45) is 3.13. The second-order valence-electron chi connectivity index (χ2n) is 7.19. The molecule has 2 aromatic carbocycles. The molecule has 1 fully saturated rings. The van der Waals surface area contributed by atoms with Crippen LogP contribution in [0.3, 0.4) is 0 Å². The van der Waals surface area contributed by atoms with Crippen molar-refractivity contribution in [3.63, 3.8) is 0 Å². The Morgan fingerprint density at radius 2 is 1.88 bits per heavy atom. The molecular weight excluding hydrogens is 451 g/mol. The molecule has 1 amide bonds. The van der Waals surface area contributed by atoms with Crippen molar-refractivity contribution in [1.29, 1.82) is 0 Å². The molecular formula is C24H18Cl2N2O4. The fourth-order valence-electron chi connectivity index (χ4n) is 3.75. The SMILES string of the molecule is COc1ccc(Cl)c(/C(O)=C2\C(=O)C(=O)N(c3cccc(Cl)c3C)C2c2cccnc2)c1. The number of halogens is 2. The van der Waals surface area contributed by atoms with E-state index in [-0.39, 0.29) is 16.2 Å². The minimum Gasteiger partial charge on any atom is -0.507 e. The molecule has 0 radical (unpaired) electrons. The number of nitrogens with zero attached hydrogens (tertiary/aromatic N) is 2. The van der Waals surface area contributed by atoms with Gasteiger partial charge in [-0.15, -0.1) is 0 Å². The number of Topliss-reactive ketones (excluding diaryl/α,β-unsaturated/α-hetero) is 1. The minimum absolute atomic E-state index is 0.0995. The minimum atomic E-state index is -0.928. The normalized spacial score (nSPS) is 17.6. The lowest BCUT2D eigenvalue weighted by Gasteiger charge is -2.27. The van der Waals surface area contributed by atoms with Gasteiger partial charge in [0.15, 0.2) is 0 Å². The monoisotopic (exact) mass is 468 g/mol. The number of ether oxygens (including phenoxy) is 1. The van der Waals surface area contributed by atoms with Gasteiger partial charge in [-0.1, -0.05) is 35.3 Å². The summed E-state index contributed by atoms with van der Waals surface area (Å²) in [4.78, 5) is 31.9. The van der Waals surface area contributed by atoms with Gasteiger partial charge < -0.3 is 9.84 Å². The number of ketones is 1. The Labute approximate surface area is 194 Å². The number of aromatic nitrogens is 1. The highest BCUT2D eigenvalue weighted by atomic mass is 35.5. The van der Waals surface area contributed by atoms with Gasteiger partial charge >= 0.3 is 0 Å². The third kappa shape index (κ3) is 3.61. The van der Waals surface area contributed by atoms with Crippen LogP contribution < -0.4 is 9.64 Å². The first-order valence-corrected chi connectivity index (χ1v) is 10.4. The van der Waals surface area contributed by atoms with E-state index in [4.69, 9.17) is 27.9 Å². The lowest BCUT2D eigenvalue weighted by molar-refractivity contribution is -0.132. The van der Waals surface area contributed by atoms with Crippen LogP contribution in [0, 0.1) is 6.92 Å². The first-order valence-electron chi connectivity index (χ1n) is 9.65. The summed E-state index contributed by atoms with van der Waals surface area (Å²) in [5, 5.41) is 11.9. The maximum absolute atomic E-state index is 13.2. The molecule has 2 heterocycles. The van der Waals surface area contributed by atoms with Crippen molar-refractivity contribution >= 4 is 46.3 Å². The molecule has 1 atom stereocenters. The second kappa shape index (κ2) is 8.65. The smallest absolute Gasteiger partial charge is 0.300 e. The van der Waals surface area contributed by atoms with E-state index < -0.39 is 23.5 Å². The standard InChI is InChI=1S/C24H18Cl2N2O4/c1-13-17(25)6-3-7-19(13)28-21(14-5-4-10-27-12-14)20(23(30)24(28)31)22(29)16-11-15(32-2)8-9-18(16)26/h3-12,21,29H,1-2H3/b22-20+. The number of anilines is 1. The topological polar surface area (TPSA) is 79.7 Å². The number of pyridine rings is 1. The first-order chi connectivity index (χ1) is 15.3. The number of hydrogen-bond donors (Lipinski definition) is 1. The number of carbonyl (C=O) groups excluding carboxylic acids is 2. The zero-order chi connectivity index (χ0) is 23.0. The van der Waals surface area contributed by atoms with Gasteiger partial charge in [0.1, 0.15) is 11.5 Å². The quantitative estimate of drug-likeness (QED) is 0.317. The summed E-state index contributed by atoms with van der Waals surface area (Å²) in [5.74, 6) is -1.59. The molecule has 1 N–H and O–H groups in total. The van der Waals surface area contributed by atoms with E-state index in [9.17, 15) is 14.7 Å². The summed E-state index contributed by atoms with van der Waals surface area (Å²) in [6.45, 7) is 1.76. The zero-order valence-electron chi connectivity index (χ0n) is 17.2. The van der Waals surface area contributed by atoms with Crippen LogP contribution in [-0.4, -0.2) is 28.9 Å². The molecule has 0 bridgehead atoms. The van der Waals surface area contributed by atoms with Gasteiger partial charge in [0.05, 0.1) is 23.7 Å². The van der Waals surface area contributed by atoms with Crippen LogP contribution in [0.5, 0.6) is 5.75 Å². The van der Waals surface area contributed by atoms with Crippen LogP contribution in [-0.2, 0) is 9.59 Å². The molecule has 3 aromatic rings. The number of benzene rings is 2. The van der Waals surface area contributed by atoms with Crippen molar-refractivity contribution in [3.8, 4) is 5.75 Å². The lowest BCUT2D eigenvalue weighted by Crippen LogP contribution is -2.30. The Balaban J connectivity index is 2.00. The van der Waals surface area contributed by atoms with Crippen molar-refractivity contribution in [2.45, 2.75) is 13.0 Å². The van der Waals surface area contributed by atoms with Crippen LogP contribution in [0.1, 0.15) is 22.7 Å². The molecule has 1 aromatic heterocycles. The number of carbonyl (C=O) groups is 2. The zero-order valence-corrected chi connectivity index (χ0v) is 18.7. The van der Waals surface area contributed by atoms with E-state index in [1.165, 1.54) is 18.1 Å². The maximum Gasteiger partial charge on any atom is 0.300 e. The summed E-state index contributed by atoms with van der Waals surface area (Å²) < 4.78 is 5.22. The van der Waals surface area contributed by atoms with Gasteiger partial charge in [0.25, 0.3) is 11.7 Å². The van der Waals surface area contributed by atoms with E-state index >= 15 is 0 Å². The van der Waals surface area contributed by atoms with E-state index in [1.54, 1.807) is 61.8 Å². The van der Waals surface area contributed by atoms with Crippen molar-refractivity contribution in [1.82, 2.24) is 4.98 Å². The summed E-state index contributed by atoms with van der Waals surface area (Å²) in [6, 6.07) is 12.3. The molecule has 162 valence electrons. The summed E-state index contributed by atoms with van der Waals surface area (Å²) in [5.41, 5.74) is 1.72. The summed E-state index contributed by atoms with van der Waals surface area (Å²) in [7, 11) is 1.48. The van der Waals surface area contributed by atoms with Gasteiger partial charge in [-0.05, 0) is 54.4 Å². The molecule has 6 nitrogen and oxygen atoms in total. The number of aliphatic hydroxyl groups excluding tert-OH is 1. The van der Waals surface area contributed by atoms with Gasteiger partial charge in [-0.25, -0.2) is 0 Å². The predicted molar refractivity (Wildman–Crippen MR) is 123 cm³/mol. The molecule has 1 aliphatic rings. The molecule has 0 spiro atoms. The molecule has 8 heteroatoms. The molecule has 1 aliphatic heterocycles. The highest BCUT2D eigenvalue weighted by molar-refractivity contribution is 6.52. The van der Waals surface area contributed by atoms with Gasteiger partial charge in [0, 0.05) is 28.7 Å². The fraction of sp³-hybridized carbons (Fsp3) is 0.125. The van der Waals surface area contributed by atoms with Crippen LogP contribution in [0.15, 0.2) is 66.5 Å². The lowest BCUT2D eigenvalue weighted by atomic mass is 9.96. The first kappa shape index (κ1) is 21.9. The Hall–Kier alpha value is -3.35. The predicted octanol–water partition coefficient (Wildman–Crippen LogP) is 5.33. The number of rotatable bonds is 4. The Kier molecular flexibility index (Phi) is 5.91. The number of hydrogen-bond acceptors (Lipinski definition) is 5. The van der Waals surface area contributed by atoms with Crippen molar-refractivity contribution < 1.29 is 19.4 Å².